The molecule has 0 heterocycles. The minimum atomic E-state index is -4.96. The zero-order valence-electron chi connectivity index (χ0n) is 65.1. The average molecular weight is 1450 g/mol. The molecule has 0 aliphatic rings. The standard InChI is InChI=1S/C80H156O17P2/c1-9-72(7)58-50-42-34-26-19-15-11-13-17-21-28-36-44-52-60-77(82)90-66-75(96-79(84)62-54-46-37-29-22-18-14-12-16-20-27-35-43-51-59-73(8)10-2)68-94-98(86,87)92-64-74(81)65-93-99(88,89)95-69-76(67-91-78(83)61-53-45-39-31-33-41-49-57-71(5)6)97-80(85)63-55-47-38-30-24-23-25-32-40-48-56-70(3)4/h70-76,81H,9-69H2,1-8H3,(H,86,87)(H,88,89)/t72?,73?,74?,75-,76-/m1/s1. The molecule has 0 aliphatic heterocycles. The van der Waals surface area contributed by atoms with E-state index in [4.69, 9.17) is 37.0 Å². The first-order chi connectivity index (χ1) is 47.7. The van der Waals surface area contributed by atoms with E-state index in [2.05, 4.69) is 55.4 Å². The summed E-state index contributed by atoms with van der Waals surface area (Å²) in [6.07, 6.45) is 55.4. The molecule has 0 spiro atoms. The quantitative estimate of drug-likeness (QED) is 0.0222. The number of hydrogen-bond acceptors (Lipinski definition) is 15. The number of phosphoric acid groups is 2. The second kappa shape index (κ2) is 69.1. The fourth-order valence-corrected chi connectivity index (χ4v) is 13.8. The van der Waals surface area contributed by atoms with Gasteiger partial charge in [-0.1, -0.05) is 357 Å². The number of aliphatic hydroxyl groups excluding tert-OH is 1. The van der Waals surface area contributed by atoms with Crippen LogP contribution in [0.2, 0.25) is 0 Å². The lowest BCUT2D eigenvalue weighted by atomic mass is 9.99. The molecule has 17 nitrogen and oxygen atoms in total. The molecule has 99 heavy (non-hydrogen) atoms. The van der Waals surface area contributed by atoms with Crippen LogP contribution in [0.25, 0.3) is 0 Å². The first kappa shape index (κ1) is 97.1. The molecule has 0 radical (unpaired) electrons. The Morgan fingerprint density at radius 1 is 0.283 bits per heavy atom. The molecule has 0 amide bonds. The Balaban J connectivity index is 5.25. The average Bonchev–Trinajstić information content (AvgIpc) is 0.968. The van der Waals surface area contributed by atoms with Crippen molar-refractivity contribution < 1.29 is 80.2 Å². The molecular weight excluding hydrogens is 1290 g/mol. The van der Waals surface area contributed by atoms with Gasteiger partial charge in [0.05, 0.1) is 26.4 Å². The van der Waals surface area contributed by atoms with E-state index in [0.29, 0.717) is 31.6 Å². The lowest BCUT2D eigenvalue weighted by Crippen LogP contribution is -2.30. The van der Waals surface area contributed by atoms with Gasteiger partial charge in [0.1, 0.15) is 19.3 Å². The van der Waals surface area contributed by atoms with Gasteiger partial charge in [0, 0.05) is 25.7 Å². The topological polar surface area (TPSA) is 237 Å². The molecule has 0 saturated carbocycles. The molecule has 0 aromatic heterocycles. The maximum atomic E-state index is 13.1. The second-order valence-corrected chi connectivity index (χ2v) is 33.1. The third kappa shape index (κ3) is 71.5. The van der Waals surface area contributed by atoms with Crippen LogP contribution < -0.4 is 0 Å². The number of esters is 4. The van der Waals surface area contributed by atoms with E-state index in [1.54, 1.807) is 0 Å². The molecule has 0 aromatic rings. The SMILES string of the molecule is CCC(C)CCCCCCCCCCCCCCCCC(=O)OC[C@H](COP(=O)(O)OCC(O)COP(=O)(O)OC[C@@H](COC(=O)CCCCCCCCCC(C)C)OC(=O)CCCCCCCCCCCCC(C)C)OC(=O)CCCCCCCCCCCCCCCCC(C)CC. The predicted octanol–water partition coefficient (Wildman–Crippen LogP) is 23.6. The lowest BCUT2D eigenvalue weighted by Gasteiger charge is -2.21. The van der Waals surface area contributed by atoms with Gasteiger partial charge in [0.2, 0.25) is 0 Å². The Bertz CT molecular complexity index is 1940. The van der Waals surface area contributed by atoms with Crippen molar-refractivity contribution in [3.63, 3.8) is 0 Å². The van der Waals surface area contributed by atoms with E-state index in [1.165, 1.54) is 205 Å². The van der Waals surface area contributed by atoms with Crippen molar-refractivity contribution >= 4 is 39.5 Å². The molecule has 0 bridgehead atoms. The van der Waals surface area contributed by atoms with Crippen LogP contribution in [0.3, 0.4) is 0 Å². The maximum Gasteiger partial charge on any atom is 0.472 e. The Kier molecular flexibility index (Phi) is 67.8. The number of phosphoric ester groups is 2. The van der Waals surface area contributed by atoms with E-state index in [-0.39, 0.29) is 25.7 Å². The van der Waals surface area contributed by atoms with Gasteiger partial charge >= 0.3 is 39.5 Å². The number of carbonyl (C=O) groups is 4. The van der Waals surface area contributed by atoms with Gasteiger partial charge in [-0.2, -0.15) is 0 Å². The van der Waals surface area contributed by atoms with E-state index in [0.717, 1.165) is 114 Å². The maximum absolute atomic E-state index is 13.1. The van der Waals surface area contributed by atoms with Gasteiger partial charge < -0.3 is 33.8 Å². The molecule has 19 heteroatoms. The molecule has 5 unspecified atom stereocenters. The number of carbonyl (C=O) groups excluding carboxylic acids is 4. The highest BCUT2D eigenvalue weighted by atomic mass is 31.2. The Morgan fingerprint density at radius 3 is 0.717 bits per heavy atom. The molecular formula is C80H156O17P2. The minimum Gasteiger partial charge on any atom is -0.462 e. The van der Waals surface area contributed by atoms with Crippen molar-refractivity contribution in [3.05, 3.63) is 0 Å². The van der Waals surface area contributed by atoms with Crippen LogP contribution in [0.15, 0.2) is 0 Å². The van der Waals surface area contributed by atoms with Crippen LogP contribution >= 0.6 is 15.6 Å². The first-order valence-corrected chi connectivity index (χ1v) is 44.3. The summed E-state index contributed by atoms with van der Waals surface area (Å²) in [7, 11) is -9.92. The fraction of sp³-hybridized carbons (Fsp3) is 0.950. The highest BCUT2D eigenvalue weighted by Gasteiger charge is 2.30. The first-order valence-electron chi connectivity index (χ1n) is 41.3. The Morgan fingerprint density at radius 2 is 0.485 bits per heavy atom. The predicted molar refractivity (Wildman–Crippen MR) is 404 cm³/mol. The lowest BCUT2D eigenvalue weighted by molar-refractivity contribution is -0.161. The number of aliphatic hydroxyl groups is 1. The largest absolute Gasteiger partial charge is 0.472 e. The Labute approximate surface area is 607 Å². The van der Waals surface area contributed by atoms with Gasteiger partial charge in [-0.25, -0.2) is 9.13 Å². The summed E-state index contributed by atoms with van der Waals surface area (Å²) >= 11 is 0. The van der Waals surface area contributed by atoms with Crippen molar-refractivity contribution in [3.8, 4) is 0 Å². The summed E-state index contributed by atoms with van der Waals surface area (Å²) in [6, 6.07) is 0. The molecule has 0 saturated heterocycles. The summed E-state index contributed by atoms with van der Waals surface area (Å²) in [5.74, 6) is 1.04. The van der Waals surface area contributed by atoms with Crippen LogP contribution in [-0.2, 0) is 65.4 Å². The minimum absolute atomic E-state index is 0.105. The van der Waals surface area contributed by atoms with Crippen molar-refractivity contribution in [1.82, 2.24) is 0 Å². The van der Waals surface area contributed by atoms with Crippen molar-refractivity contribution in [2.75, 3.05) is 39.6 Å². The summed E-state index contributed by atoms with van der Waals surface area (Å²) in [6.45, 7) is 14.3. The number of hydrogen-bond donors (Lipinski definition) is 3. The van der Waals surface area contributed by atoms with Crippen LogP contribution in [0, 0.1) is 23.7 Å². The summed E-state index contributed by atoms with van der Waals surface area (Å²) < 4.78 is 68.7. The van der Waals surface area contributed by atoms with Crippen LogP contribution in [0.5, 0.6) is 0 Å². The van der Waals surface area contributed by atoms with Gasteiger partial charge in [-0.3, -0.25) is 37.3 Å². The highest BCUT2D eigenvalue weighted by Crippen LogP contribution is 2.45. The summed E-state index contributed by atoms with van der Waals surface area (Å²) in [5, 5.41) is 10.6. The molecule has 0 rings (SSSR count). The third-order valence-corrected chi connectivity index (χ3v) is 21.2. The number of unbranched alkanes of at least 4 members (excludes halogenated alkanes) is 41. The fourth-order valence-electron chi connectivity index (χ4n) is 12.2. The van der Waals surface area contributed by atoms with E-state index < -0.39 is 97.5 Å². The summed E-state index contributed by atoms with van der Waals surface area (Å²) in [4.78, 5) is 73.0. The zero-order chi connectivity index (χ0) is 73.1. The van der Waals surface area contributed by atoms with Gasteiger partial charge in [0.15, 0.2) is 12.2 Å². The molecule has 0 fully saturated rings. The van der Waals surface area contributed by atoms with Gasteiger partial charge in [0.25, 0.3) is 0 Å². The highest BCUT2D eigenvalue weighted by molar-refractivity contribution is 7.47. The van der Waals surface area contributed by atoms with Crippen molar-refractivity contribution in [1.29, 1.82) is 0 Å². The monoisotopic (exact) mass is 1450 g/mol. The van der Waals surface area contributed by atoms with Crippen LogP contribution in [-0.4, -0.2) is 96.7 Å². The molecule has 0 aromatic carbocycles. The van der Waals surface area contributed by atoms with E-state index in [1.807, 2.05) is 0 Å². The number of rotatable bonds is 77. The Hall–Kier alpha value is -1.94. The van der Waals surface area contributed by atoms with Crippen LogP contribution in [0.4, 0.5) is 0 Å². The molecule has 3 N–H and O–H groups in total. The van der Waals surface area contributed by atoms with Gasteiger partial charge in [-0.05, 0) is 49.4 Å². The normalized spacial score (nSPS) is 14.6. The summed E-state index contributed by atoms with van der Waals surface area (Å²) in [5.41, 5.74) is 0. The zero-order valence-corrected chi connectivity index (χ0v) is 66.9. The van der Waals surface area contributed by atoms with Crippen molar-refractivity contribution in [2.24, 2.45) is 23.7 Å². The van der Waals surface area contributed by atoms with Crippen LogP contribution in [0.1, 0.15) is 409 Å². The second-order valence-electron chi connectivity index (χ2n) is 30.2. The smallest absolute Gasteiger partial charge is 0.462 e. The third-order valence-electron chi connectivity index (χ3n) is 19.3. The molecule has 588 valence electrons. The van der Waals surface area contributed by atoms with Crippen molar-refractivity contribution in [2.45, 2.75) is 427 Å². The van der Waals surface area contributed by atoms with E-state index >= 15 is 0 Å². The number of ether oxygens (including phenoxy) is 4. The van der Waals surface area contributed by atoms with E-state index in [9.17, 15) is 43.2 Å². The molecule has 0 aliphatic carbocycles. The molecule has 7 atom stereocenters. The van der Waals surface area contributed by atoms with Gasteiger partial charge in [-0.15, -0.1) is 0 Å².